The zero-order chi connectivity index (χ0) is 18.5. The SMILES string of the molecule is CCOC(=O)Cc1cccc(NC(=O)C2=Cc3cc(Cl)ccc3OC2)c1. The molecule has 0 aliphatic carbocycles. The molecule has 5 nitrogen and oxygen atoms in total. The maximum atomic E-state index is 12.5. The van der Waals surface area contributed by atoms with Crippen LogP contribution in [0.2, 0.25) is 5.02 Å². The number of carbonyl (C=O) groups is 2. The van der Waals surface area contributed by atoms with Crippen molar-refractivity contribution in [1.82, 2.24) is 0 Å². The number of hydrogen-bond acceptors (Lipinski definition) is 4. The predicted octanol–water partition coefficient (Wildman–Crippen LogP) is 3.86. The molecule has 2 aromatic rings. The van der Waals surface area contributed by atoms with E-state index in [0.29, 0.717) is 28.6 Å². The molecule has 26 heavy (non-hydrogen) atoms. The summed E-state index contributed by atoms with van der Waals surface area (Å²) >= 11 is 5.99. The molecule has 2 aromatic carbocycles. The van der Waals surface area contributed by atoms with Crippen LogP contribution < -0.4 is 10.1 Å². The minimum atomic E-state index is -0.298. The Morgan fingerprint density at radius 1 is 1.23 bits per heavy atom. The second-order valence-corrected chi connectivity index (χ2v) is 6.21. The molecule has 0 bridgehead atoms. The molecule has 1 aliphatic heterocycles. The summed E-state index contributed by atoms with van der Waals surface area (Å²) in [6.07, 6.45) is 1.93. The largest absolute Gasteiger partial charge is 0.488 e. The van der Waals surface area contributed by atoms with Crippen LogP contribution in [0.1, 0.15) is 18.1 Å². The number of nitrogens with one attached hydrogen (secondary N) is 1. The smallest absolute Gasteiger partial charge is 0.310 e. The first-order valence-corrected chi connectivity index (χ1v) is 8.62. The highest BCUT2D eigenvalue weighted by atomic mass is 35.5. The van der Waals surface area contributed by atoms with Gasteiger partial charge in [-0.2, -0.15) is 0 Å². The summed E-state index contributed by atoms with van der Waals surface area (Å²) in [7, 11) is 0. The van der Waals surface area contributed by atoms with Crippen LogP contribution in [0.4, 0.5) is 5.69 Å². The second-order valence-electron chi connectivity index (χ2n) is 5.78. The molecule has 0 unspecified atom stereocenters. The molecule has 0 saturated carbocycles. The van der Waals surface area contributed by atoms with Crippen molar-refractivity contribution >= 4 is 35.2 Å². The van der Waals surface area contributed by atoms with E-state index in [1.54, 1.807) is 49.4 Å². The molecule has 0 atom stereocenters. The fourth-order valence-electron chi connectivity index (χ4n) is 2.63. The standard InChI is InChI=1S/C20H18ClNO4/c1-2-25-19(23)9-13-4-3-5-17(8-13)22-20(24)15-10-14-11-16(21)6-7-18(14)26-12-15/h3-8,10-11H,2,9,12H2,1H3,(H,22,24). The van der Waals surface area contributed by atoms with Crippen molar-refractivity contribution in [3.63, 3.8) is 0 Å². The van der Waals surface area contributed by atoms with Gasteiger partial charge in [0.1, 0.15) is 12.4 Å². The molecule has 0 spiro atoms. The molecule has 1 amide bonds. The van der Waals surface area contributed by atoms with E-state index in [9.17, 15) is 9.59 Å². The first-order chi connectivity index (χ1) is 12.5. The number of ether oxygens (including phenoxy) is 2. The van der Waals surface area contributed by atoms with Crippen LogP contribution in [-0.2, 0) is 20.7 Å². The van der Waals surface area contributed by atoms with Crippen molar-refractivity contribution < 1.29 is 19.1 Å². The van der Waals surface area contributed by atoms with Crippen LogP contribution in [0, 0.1) is 0 Å². The number of rotatable bonds is 5. The zero-order valence-corrected chi connectivity index (χ0v) is 15.0. The third-order valence-electron chi connectivity index (χ3n) is 3.82. The van der Waals surface area contributed by atoms with Crippen molar-refractivity contribution in [2.75, 3.05) is 18.5 Å². The maximum Gasteiger partial charge on any atom is 0.310 e. The quantitative estimate of drug-likeness (QED) is 0.810. The van der Waals surface area contributed by atoms with E-state index in [4.69, 9.17) is 21.1 Å². The van der Waals surface area contributed by atoms with Gasteiger partial charge in [0.05, 0.1) is 18.6 Å². The average Bonchev–Trinajstić information content (AvgIpc) is 2.61. The molecule has 3 rings (SSSR count). The Balaban J connectivity index is 1.71. The van der Waals surface area contributed by atoms with Crippen LogP contribution in [0.15, 0.2) is 48.0 Å². The summed E-state index contributed by atoms with van der Waals surface area (Å²) in [5, 5.41) is 3.41. The number of benzene rings is 2. The normalized spacial score (nSPS) is 12.5. The van der Waals surface area contributed by atoms with E-state index in [1.165, 1.54) is 0 Å². The summed E-state index contributed by atoms with van der Waals surface area (Å²) < 4.78 is 10.5. The number of hydrogen-bond donors (Lipinski definition) is 1. The molecule has 134 valence electrons. The minimum absolute atomic E-state index is 0.162. The molecular weight excluding hydrogens is 354 g/mol. The average molecular weight is 372 g/mol. The second kappa shape index (κ2) is 8.06. The highest BCUT2D eigenvalue weighted by molar-refractivity contribution is 6.30. The minimum Gasteiger partial charge on any atom is -0.488 e. The number of halogens is 1. The highest BCUT2D eigenvalue weighted by Gasteiger charge is 2.18. The van der Waals surface area contributed by atoms with Gasteiger partial charge in [-0.15, -0.1) is 0 Å². The van der Waals surface area contributed by atoms with Crippen LogP contribution in [0.5, 0.6) is 5.75 Å². The lowest BCUT2D eigenvalue weighted by Gasteiger charge is -2.18. The molecule has 1 N–H and O–H groups in total. The summed E-state index contributed by atoms with van der Waals surface area (Å²) in [5.74, 6) is 0.138. The van der Waals surface area contributed by atoms with Gasteiger partial charge in [-0.3, -0.25) is 9.59 Å². The van der Waals surface area contributed by atoms with Gasteiger partial charge in [-0.05, 0) is 48.9 Å². The van der Waals surface area contributed by atoms with Crippen molar-refractivity contribution in [3.05, 3.63) is 64.2 Å². The fraction of sp³-hybridized carbons (Fsp3) is 0.200. The number of fused-ring (bicyclic) bond motifs is 1. The van der Waals surface area contributed by atoms with Gasteiger partial charge in [0.25, 0.3) is 5.91 Å². The number of anilines is 1. The molecule has 0 fully saturated rings. The Bertz CT molecular complexity index is 876. The highest BCUT2D eigenvalue weighted by Crippen LogP contribution is 2.29. The van der Waals surface area contributed by atoms with E-state index >= 15 is 0 Å². The Hall–Kier alpha value is -2.79. The first-order valence-electron chi connectivity index (χ1n) is 8.24. The van der Waals surface area contributed by atoms with Gasteiger partial charge < -0.3 is 14.8 Å². The van der Waals surface area contributed by atoms with Gasteiger partial charge in [0, 0.05) is 16.3 Å². The Morgan fingerprint density at radius 3 is 2.88 bits per heavy atom. The van der Waals surface area contributed by atoms with Gasteiger partial charge in [0.2, 0.25) is 0 Å². The molecular formula is C20H18ClNO4. The zero-order valence-electron chi connectivity index (χ0n) is 14.3. The fourth-order valence-corrected chi connectivity index (χ4v) is 2.81. The molecule has 6 heteroatoms. The Kier molecular flexibility index (Phi) is 5.58. The number of esters is 1. The molecule has 1 heterocycles. The number of amides is 1. The van der Waals surface area contributed by atoms with Crippen molar-refractivity contribution in [3.8, 4) is 5.75 Å². The van der Waals surface area contributed by atoms with Crippen LogP contribution in [0.3, 0.4) is 0 Å². The maximum absolute atomic E-state index is 12.5. The summed E-state index contributed by atoms with van der Waals surface area (Å²) in [5.41, 5.74) is 2.64. The van der Waals surface area contributed by atoms with Gasteiger partial charge in [-0.1, -0.05) is 23.7 Å². The predicted molar refractivity (Wildman–Crippen MR) is 100 cm³/mol. The number of carbonyl (C=O) groups excluding carboxylic acids is 2. The van der Waals surface area contributed by atoms with Crippen molar-refractivity contribution in [2.45, 2.75) is 13.3 Å². The summed E-state index contributed by atoms with van der Waals surface area (Å²) in [4.78, 5) is 24.1. The van der Waals surface area contributed by atoms with E-state index in [0.717, 1.165) is 11.1 Å². The molecule has 0 radical (unpaired) electrons. The van der Waals surface area contributed by atoms with E-state index in [-0.39, 0.29) is 24.9 Å². The summed E-state index contributed by atoms with van der Waals surface area (Å²) in [6.45, 7) is 2.29. The monoisotopic (exact) mass is 371 g/mol. The van der Waals surface area contributed by atoms with E-state index in [2.05, 4.69) is 5.32 Å². The lowest BCUT2D eigenvalue weighted by Crippen LogP contribution is -2.21. The molecule has 0 saturated heterocycles. The van der Waals surface area contributed by atoms with Crippen molar-refractivity contribution in [1.29, 1.82) is 0 Å². The van der Waals surface area contributed by atoms with E-state index < -0.39 is 0 Å². The van der Waals surface area contributed by atoms with Crippen molar-refractivity contribution in [2.24, 2.45) is 0 Å². The topological polar surface area (TPSA) is 64.6 Å². The lowest BCUT2D eigenvalue weighted by molar-refractivity contribution is -0.142. The van der Waals surface area contributed by atoms with Gasteiger partial charge in [-0.25, -0.2) is 0 Å². The van der Waals surface area contributed by atoms with Crippen LogP contribution in [0.25, 0.3) is 6.08 Å². The van der Waals surface area contributed by atoms with Crippen LogP contribution in [-0.4, -0.2) is 25.1 Å². The third-order valence-corrected chi connectivity index (χ3v) is 4.05. The van der Waals surface area contributed by atoms with Crippen LogP contribution >= 0.6 is 11.6 Å². The molecule has 0 aromatic heterocycles. The third kappa shape index (κ3) is 4.43. The van der Waals surface area contributed by atoms with Gasteiger partial charge >= 0.3 is 5.97 Å². The Labute approximate surface area is 156 Å². The summed E-state index contributed by atoms with van der Waals surface area (Å²) in [6, 6.07) is 12.4. The first kappa shape index (κ1) is 18.0. The molecule has 1 aliphatic rings. The van der Waals surface area contributed by atoms with E-state index in [1.807, 2.05) is 6.07 Å². The lowest BCUT2D eigenvalue weighted by atomic mass is 10.1. The van der Waals surface area contributed by atoms with Gasteiger partial charge in [0.15, 0.2) is 0 Å². The Morgan fingerprint density at radius 2 is 2.08 bits per heavy atom.